The molecule has 4 rings (SSSR count). The van der Waals surface area contributed by atoms with Crippen molar-refractivity contribution in [2.45, 2.75) is 45.8 Å². The number of hydrogen-bond acceptors (Lipinski definition) is 3. The fraction of sp³-hybridized carbons (Fsp3) is 0.346. The zero-order valence-electron chi connectivity index (χ0n) is 18.0. The summed E-state index contributed by atoms with van der Waals surface area (Å²) in [5, 5.41) is 6.61. The number of hydrogen-bond donors (Lipinski definition) is 0. The summed E-state index contributed by atoms with van der Waals surface area (Å²) in [4.78, 5) is 0. The first-order chi connectivity index (χ1) is 13.8. The predicted molar refractivity (Wildman–Crippen MR) is 121 cm³/mol. The molecule has 0 saturated carbocycles. The summed E-state index contributed by atoms with van der Waals surface area (Å²) in [5.41, 5.74) is 4.90. The minimum atomic E-state index is -0.182. The van der Waals surface area contributed by atoms with Crippen LogP contribution in [0, 0.1) is 5.41 Å². The van der Waals surface area contributed by atoms with E-state index in [2.05, 4.69) is 101 Å². The molecular formula is C26H30N2O. The normalized spacial score (nSPS) is 23.8. The lowest BCUT2D eigenvalue weighted by Crippen LogP contribution is -2.27. The Morgan fingerprint density at radius 2 is 1.59 bits per heavy atom. The van der Waals surface area contributed by atoms with Crippen molar-refractivity contribution in [3.8, 4) is 11.1 Å². The quantitative estimate of drug-likeness (QED) is 0.606. The van der Waals surface area contributed by atoms with Gasteiger partial charge in [-0.1, -0.05) is 93.6 Å². The van der Waals surface area contributed by atoms with Crippen LogP contribution in [0.2, 0.25) is 0 Å². The Morgan fingerprint density at radius 1 is 0.966 bits per heavy atom. The number of nitrogens with zero attached hydrogens (tertiary/aromatic N) is 2. The first kappa shape index (κ1) is 19.5. The van der Waals surface area contributed by atoms with Gasteiger partial charge in [-0.2, -0.15) is 0 Å². The molecule has 3 nitrogen and oxygen atoms in total. The Balaban J connectivity index is 1.50. The van der Waals surface area contributed by atoms with Gasteiger partial charge in [0.1, 0.15) is 0 Å². The molecule has 2 aromatic carbocycles. The average Bonchev–Trinajstić information content (AvgIpc) is 3.11. The molecule has 150 valence electrons. The Hall–Kier alpha value is -2.81. The highest BCUT2D eigenvalue weighted by Crippen LogP contribution is 2.38. The number of ether oxygens (including phenoxy) is 1. The van der Waals surface area contributed by atoms with Gasteiger partial charge < -0.3 is 4.74 Å². The van der Waals surface area contributed by atoms with E-state index in [-0.39, 0.29) is 17.1 Å². The molecule has 0 bridgehead atoms. The summed E-state index contributed by atoms with van der Waals surface area (Å²) in [6.45, 7) is 8.90. The molecular weight excluding hydrogens is 356 g/mol. The van der Waals surface area contributed by atoms with Crippen LogP contribution in [-0.4, -0.2) is 18.0 Å². The smallest absolute Gasteiger partial charge is 0.218 e. The summed E-state index contributed by atoms with van der Waals surface area (Å²) in [5.74, 6) is 0.785. The molecule has 2 aromatic rings. The van der Waals surface area contributed by atoms with Gasteiger partial charge in [-0.3, -0.25) is 5.01 Å². The Labute approximate surface area is 174 Å². The van der Waals surface area contributed by atoms with Gasteiger partial charge in [-0.05, 0) is 35.4 Å². The summed E-state index contributed by atoms with van der Waals surface area (Å²) >= 11 is 0. The molecule has 2 aliphatic rings. The topological polar surface area (TPSA) is 24.8 Å². The minimum absolute atomic E-state index is 0.171. The van der Waals surface area contributed by atoms with E-state index in [0.29, 0.717) is 0 Å². The summed E-state index contributed by atoms with van der Waals surface area (Å²) < 4.78 is 6.29. The highest BCUT2D eigenvalue weighted by molar-refractivity contribution is 5.85. The van der Waals surface area contributed by atoms with Gasteiger partial charge in [0.05, 0.1) is 5.41 Å². The molecule has 0 fully saturated rings. The number of allylic oxidation sites excluding steroid dienone is 3. The van der Waals surface area contributed by atoms with Crippen molar-refractivity contribution in [3.05, 3.63) is 84.0 Å². The SMILES string of the molecule is CN1N=C(C2(C)C=CC=CC2)OC1c1ccc(-c2ccc(C(C)(C)C)cc2)cc1. The zero-order valence-corrected chi connectivity index (χ0v) is 18.0. The van der Waals surface area contributed by atoms with Crippen molar-refractivity contribution in [2.75, 3.05) is 7.05 Å². The van der Waals surface area contributed by atoms with Gasteiger partial charge in [0, 0.05) is 12.6 Å². The average molecular weight is 387 g/mol. The largest absolute Gasteiger partial charge is 0.449 e. The first-order valence-corrected chi connectivity index (χ1v) is 10.3. The highest BCUT2D eigenvalue weighted by Gasteiger charge is 2.37. The van der Waals surface area contributed by atoms with Crippen LogP contribution in [0.5, 0.6) is 0 Å². The van der Waals surface area contributed by atoms with Crippen LogP contribution < -0.4 is 0 Å². The third kappa shape index (κ3) is 3.87. The highest BCUT2D eigenvalue weighted by atomic mass is 16.5. The maximum atomic E-state index is 6.29. The van der Waals surface area contributed by atoms with Crippen molar-refractivity contribution in [1.29, 1.82) is 0 Å². The van der Waals surface area contributed by atoms with E-state index < -0.39 is 0 Å². The monoisotopic (exact) mass is 386 g/mol. The fourth-order valence-electron chi connectivity index (χ4n) is 3.82. The van der Waals surface area contributed by atoms with Gasteiger partial charge in [-0.25, -0.2) is 0 Å². The van der Waals surface area contributed by atoms with E-state index in [1.807, 2.05) is 12.1 Å². The summed E-state index contributed by atoms with van der Waals surface area (Å²) in [6, 6.07) is 17.5. The lowest BCUT2D eigenvalue weighted by atomic mass is 9.83. The molecule has 29 heavy (non-hydrogen) atoms. The molecule has 0 spiro atoms. The lowest BCUT2D eigenvalue weighted by molar-refractivity contribution is 0.0712. The molecule has 1 heterocycles. The van der Waals surface area contributed by atoms with Gasteiger partial charge in [0.2, 0.25) is 12.1 Å². The van der Waals surface area contributed by atoms with Crippen molar-refractivity contribution in [1.82, 2.24) is 5.01 Å². The van der Waals surface area contributed by atoms with Crippen LogP contribution >= 0.6 is 0 Å². The third-order valence-corrected chi connectivity index (χ3v) is 5.83. The molecule has 3 heteroatoms. The molecule has 2 atom stereocenters. The molecule has 1 aliphatic heterocycles. The molecule has 0 radical (unpaired) electrons. The second-order valence-corrected chi connectivity index (χ2v) is 9.31. The van der Waals surface area contributed by atoms with Gasteiger partial charge in [0.25, 0.3) is 0 Å². The van der Waals surface area contributed by atoms with E-state index in [9.17, 15) is 0 Å². The Bertz CT molecular complexity index is 961. The van der Waals surface area contributed by atoms with Crippen LogP contribution in [0.3, 0.4) is 0 Å². The Morgan fingerprint density at radius 3 is 2.14 bits per heavy atom. The van der Waals surface area contributed by atoms with E-state index in [1.54, 1.807) is 0 Å². The molecule has 0 saturated heterocycles. The van der Waals surface area contributed by atoms with Crippen LogP contribution in [0.1, 0.15) is 51.5 Å². The second-order valence-electron chi connectivity index (χ2n) is 9.31. The van der Waals surface area contributed by atoms with E-state index in [0.717, 1.165) is 17.9 Å². The molecule has 0 aromatic heterocycles. The van der Waals surface area contributed by atoms with Gasteiger partial charge >= 0.3 is 0 Å². The van der Waals surface area contributed by atoms with Crippen molar-refractivity contribution in [2.24, 2.45) is 10.5 Å². The van der Waals surface area contributed by atoms with Crippen molar-refractivity contribution >= 4 is 5.90 Å². The van der Waals surface area contributed by atoms with E-state index >= 15 is 0 Å². The molecule has 0 N–H and O–H groups in total. The van der Waals surface area contributed by atoms with Gasteiger partial charge in [0.15, 0.2) is 0 Å². The van der Waals surface area contributed by atoms with Crippen LogP contribution in [0.25, 0.3) is 11.1 Å². The maximum Gasteiger partial charge on any atom is 0.218 e. The summed E-state index contributed by atoms with van der Waals surface area (Å²) in [7, 11) is 1.97. The van der Waals surface area contributed by atoms with Crippen molar-refractivity contribution in [3.63, 3.8) is 0 Å². The lowest BCUT2D eigenvalue weighted by Gasteiger charge is -2.26. The number of rotatable bonds is 3. The number of hydrazone groups is 1. The maximum absolute atomic E-state index is 6.29. The molecule has 1 aliphatic carbocycles. The first-order valence-electron chi connectivity index (χ1n) is 10.3. The summed E-state index contributed by atoms with van der Waals surface area (Å²) in [6.07, 6.45) is 9.21. The van der Waals surface area contributed by atoms with E-state index in [1.165, 1.54) is 16.7 Å². The van der Waals surface area contributed by atoms with Crippen LogP contribution in [0.4, 0.5) is 0 Å². The van der Waals surface area contributed by atoms with Crippen LogP contribution in [-0.2, 0) is 10.2 Å². The minimum Gasteiger partial charge on any atom is -0.449 e. The second kappa shape index (κ2) is 7.22. The van der Waals surface area contributed by atoms with Gasteiger partial charge in [-0.15, -0.1) is 5.10 Å². The molecule has 0 amide bonds. The predicted octanol–water partition coefficient (Wildman–Crippen LogP) is 6.45. The van der Waals surface area contributed by atoms with Crippen molar-refractivity contribution < 1.29 is 4.74 Å². The zero-order chi connectivity index (χ0) is 20.6. The number of benzene rings is 2. The van der Waals surface area contributed by atoms with Crippen LogP contribution in [0.15, 0.2) is 77.9 Å². The van der Waals surface area contributed by atoms with E-state index in [4.69, 9.17) is 9.84 Å². The standard InChI is InChI=1S/C26H30N2O/c1-25(2,3)22-15-13-20(14-16-22)19-9-11-21(12-10-19)23-28(5)27-24(29-23)26(4)17-7-6-8-18-26/h6-17,23H,18H2,1-5H3. The molecule has 2 unspecified atom stereocenters. The third-order valence-electron chi connectivity index (χ3n) is 5.83. The Kier molecular flexibility index (Phi) is 4.85. The fourth-order valence-corrected chi connectivity index (χ4v) is 3.82.